The summed E-state index contributed by atoms with van der Waals surface area (Å²) in [5.74, 6) is 1.99. The van der Waals surface area contributed by atoms with E-state index in [-0.39, 0.29) is 0 Å². The summed E-state index contributed by atoms with van der Waals surface area (Å²) in [6.07, 6.45) is 14.4. The topological polar surface area (TPSA) is 25.5 Å². The molecule has 0 aliphatic rings. The summed E-state index contributed by atoms with van der Waals surface area (Å²) in [4.78, 5) is 4.18. The van der Waals surface area contributed by atoms with Crippen LogP contribution in [0.2, 0.25) is 0 Å². The van der Waals surface area contributed by atoms with Gasteiger partial charge in [-0.3, -0.25) is 4.99 Å². The minimum atomic E-state index is 0.906. The summed E-state index contributed by atoms with van der Waals surface area (Å²) in [5, 5.41) is 0. The van der Waals surface area contributed by atoms with Crippen molar-refractivity contribution in [2.75, 3.05) is 0 Å². The summed E-state index contributed by atoms with van der Waals surface area (Å²) in [5.41, 5.74) is 3.83. The van der Waals surface area contributed by atoms with Crippen molar-refractivity contribution < 1.29 is 4.42 Å². The lowest BCUT2D eigenvalue weighted by molar-refractivity contribution is 0.483. The number of allylic oxidation sites excluding steroid dienone is 7. The van der Waals surface area contributed by atoms with Gasteiger partial charge in [-0.25, -0.2) is 0 Å². The number of nitrogens with zero attached hydrogens (tertiary/aromatic N) is 1. The Morgan fingerprint density at radius 3 is 2.54 bits per heavy atom. The van der Waals surface area contributed by atoms with E-state index >= 15 is 0 Å². The second-order valence-electron chi connectivity index (χ2n) is 6.28. The molecular weight excluding hydrogens is 294 g/mol. The summed E-state index contributed by atoms with van der Waals surface area (Å²) < 4.78 is 5.59. The van der Waals surface area contributed by atoms with Gasteiger partial charge in [-0.15, -0.1) is 6.58 Å². The molecule has 1 aromatic rings. The average Bonchev–Trinajstić information content (AvgIpc) is 2.95. The molecule has 0 saturated heterocycles. The van der Waals surface area contributed by atoms with Crippen molar-refractivity contribution in [3.8, 4) is 0 Å². The lowest BCUT2D eigenvalue weighted by Crippen LogP contribution is -1.88. The van der Waals surface area contributed by atoms with Gasteiger partial charge in [0.2, 0.25) is 0 Å². The quantitative estimate of drug-likeness (QED) is 0.326. The van der Waals surface area contributed by atoms with Gasteiger partial charge in [0.1, 0.15) is 11.5 Å². The maximum absolute atomic E-state index is 5.59. The highest BCUT2D eigenvalue weighted by Crippen LogP contribution is 2.18. The molecule has 0 aliphatic heterocycles. The highest BCUT2D eigenvalue weighted by Gasteiger charge is 2.01. The Bertz CT molecular complexity index is 610. The molecule has 0 spiro atoms. The minimum absolute atomic E-state index is 0.906. The first-order valence-electron chi connectivity index (χ1n) is 8.68. The molecule has 0 bridgehead atoms. The largest absolute Gasteiger partial charge is 0.466 e. The Kier molecular flexibility index (Phi) is 9.52. The maximum atomic E-state index is 5.59. The average molecular weight is 325 g/mol. The van der Waals surface area contributed by atoms with Gasteiger partial charge in [0.15, 0.2) is 0 Å². The standard InChI is InChI=1S/C22H31NO/c1-6-9-20(11-7-10-18(2)3)15-16-21(23-5)12-8-13-22-17-14-19(4)24-22/h6,10-12,14,17H,1,5,7-9,13,15-16H2,2-4H3/b20-11+,21-12-. The third kappa shape index (κ3) is 8.52. The molecular formula is C22H31NO. The number of rotatable bonds is 11. The molecule has 130 valence electrons. The second-order valence-corrected chi connectivity index (χ2v) is 6.28. The SMILES string of the molecule is C=CC/C(=C\CC=C(C)C)CC/C(=C/CCc1ccc(C)o1)N=C. The fourth-order valence-corrected chi connectivity index (χ4v) is 2.47. The smallest absolute Gasteiger partial charge is 0.104 e. The van der Waals surface area contributed by atoms with Crippen LogP contribution in [-0.2, 0) is 6.42 Å². The first-order chi connectivity index (χ1) is 11.5. The van der Waals surface area contributed by atoms with E-state index in [1.54, 1.807) is 0 Å². The molecule has 1 rings (SSSR count). The van der Waals surface area contributed by atoms with Gasteiger partial charge in [-0.1, -0.05) is 35.5 Å². The molecule has 1 aromatic heterocycles. The lowest BCUT2D eigenvalue weighted by atomic mass is 10.0. The van der Waals surface area contributed by atoms with E-state index in [1.165, 1.54) is 11.1 Å². The minimum Gasteiger partial charge on any atom is -0.466 e. The van der Waals surface area contributed by atoms with E-state index in [0.717, 1.165) is 55.7 Å². The van der Waals surface area contributed by atoms with Crippen molar-refractivity contribution in [3.63, 3.8) is 0 Å². The van der Waals surface area contributed by atoms with Gasteiger partial charge in [0.05, 0.1) is 0 Å². The van der Waals surface area contributed by atoms with Gasteiger partial charge in [0.25, 0.3) is 0 Å². The number of furan rings is 1. The molecule has 2 heteroatoms. The Morgan fingerprint density at radius 1 is 1.17 bits per heavy atom. The molecule has 1 heterocycles. The van der Waals surface area contributed by atoms with Crippen LogP contribution < -0.4 is 0 Å². The molecule has 24 heavy (non-hydrogen) atoms. The predicted molar refractivity (Wildman–Crippen MR) is 106 cm³/mol. The fourth-order valence-electron chi connectivity index (χ4n) is 2.47. The molecule has 0 atom stereocenters. The third-order valence-corrected chi connectivity index (χ3v) is 3.81. The van der Waals surface area contributed by atoms with Crippen molar-refractivity contribution in [2.24, 2.45) is 4.99 Å². The highest BCUT2D eigenvalue weighted by molar-refractivity contribution is 5.29. The molecule has 0 radical (unpaired) electrons. The molecule has 0 N–H and O–H groups in total. The van der Waals surface area contributed by atoms with Crippen LogP contribution in [0, 0.1) is 6.92 Å². The lowest BCUT2D eigenvalue weighted by Gasteiger charge is -2.06. The van der Waals surface area contributed by atoms with Gasteiger partial charge >= 0.3 is 0 Å². The van der Waals surface area contributed by atoms with Crippen molar-refractivity contribution in [3.05, 3.63) is 71.4 Å². The van der Waals surface area contributed by atoms with Crippen molar-refractivity contribution in [1.29, 1.82) is 0 Å². The van der Waals surface area contributed by atoms with Gasteiger partial charge in [-0.05, 0) is 71.7 Å². The summed E-state index contributed by atoms with van der Waals surface area (Å²) in [7, 11) is 0. The van der Waals surface area contributed by atoms with Crippen LogP contribution in [0.15, 0.2) is 69.3 Å². The monoisotopic (exact) mass is 325 g/mol. The first kappa shape index (κ1) is 20.0. The highest BCUT2D eigenvalue weighted by atomic mass is 16.3. The molecule has 0 amide bonds. The number of hydrogen-bond acceptors (Lipinski definition) is 2. The first-order valence-corrected chi connectivity index (χ1v) is 8.68. The fraction of sp³-hybridized carbons (Fsp3) is 0.409. The Balaban J connectivity index is 2.52. The van der Waals surface area contributed by atoms with Crippen LogP contribution in [0.5, 0.6) is 0 Å². The van der Waals surface area contributed by atoms with Crippen molar-refractivity contribution in [2.45, 2.75) is 59.3 Å². The van der Waals surface area contributed by atoms with Crippen molar-refractivity contribution >= 4 is 6.72 Å². The molecule has 2 nitrogen and oxygen atoms in total. The zero-order valence-corrected chi connectivity index (χ0v) is 15.5. The van der Waals surface area contributed by atoms with Crippen LogP contribution in [-0.4, -0.2) is 6.72 Å². The zero-order chi connectivity index (χ0) is 17.8. The van der Waals surface area contributed by atoms with Crippen molar-refractivity contribution in [1.82, 2.24) is 0 Å². The Hall–Kier alpha value is -2.09. The molecule has 0 aliphatic carbocycles. The second kappa shape index (κ2) is 11.4. The van der Waals surface area contributed by atoms with E-state index in [0.29, 0.717) is 0 Å². The van der Waals surface area contributed by atoms with E-state index in [4.69, 9.17) is 4.42 Å². The van der Waals surface area contributed by atoms with Gasteiger partial charge in [-0.2, -0.15) is 0 Å². The Labute approximate surface area is 147 Å². The maximum Gasteiger partial charge on any atom is 0.104 e. The normalized spacial score (nSPS) is 12.1. The van der Waals surface area contributed by atoms with E-state index in [9.17, 15) is 0 Å². The Morgan fingerprint density at radius 2 is 1.96 bits per heavy atom. The number of hydrogen-bond donors (Lipinski definition) is 0. The summed E-state index contributed by atoms with van der Waals surface area (Å²) in [6.45, 7) is 13.8. The summed E-state index contributed by atoms with van der Waals surface area (Å²) >= 11 is 0. The van der Waals surface area contributed by atoms with Crippen LogP contribution in [0.3, 0.4) is 0 Å². The van der Waals surface area contributed by atoms with Crippen LogP contribution >= 0.6 is 0 Å². The molecule has 0 unspecified atom stereocenters. The van der Waals surface area contributed by atoms with E-state index in [1.807, 2.05) is 25.1 Å². The van der Waals surface area contributed by atoms with E-state index in [2.05, 4.69) is 50.4 Å². The molecule has 0 fully saturated rings. The van der Waals surface area contributed by atoms with E-state index < -0.39 is 0 Å². The number of aliphatic imine (C=N–C) groups is 1. The van der Waals surface area contributed by atoms with Crippen LogP contribution in [0.4, 0.5) is 0 Å². The van der Waals surface area contributed by atoms with Crippen LogP contribution in [0.25, 0.3) is 0 Å². The third-order valence-electron chi connectivity index (χ3n) is 3.81. The molecule has 0 aromatic carbocycles. The van der Waals surface area contributed by atoms with Gasteiger partial charge < -0.3 is 4.42 Å². The van der Waals surface area contributed by atoms with Gasteiger partial charge in [0, 0.05) is 12.1 Å². The summed E-state index contributed by atoms with van der Waals surface area (Å²) in [6, 6.07) is 4.04. The molecule has 0 saturated carbocycles. The predicted octanol–water partition coefficient (Wildman–Crippen LogP) is 6.74. The van der Waals surface area contributed by atoms with Crippen LogP contribution in [0.1, 0.15) is 57.5 Å². The zero-order valence-electron chi connectivity index (χ0n) is 15.5. The number of aryl methyl sites for hydroxylation is 2.